The van der Waals surface area contributed by atoms with E-state index in [9.17, 15) is 18.0 Å². The Morgan fingerprint density at radius 1 is 1.19 bits per heavy atom. The van der Waals surface area contributed by atoms with E-state index in [4.69, 9.17) is 10.5 Å². The highest BCUT2D eigenvalue weighted by molar-refractivity contribution is 6.10. The SMILES string of the molecule is Cn1ncc2c3cc(C(=O)N(C4CC4)[C@@H]4COCc5nc(C(F)(F)F)ccc54)c(F)cc3nc(N)c21. The van der Waals surface area contributed by atoms with E-state index in [2.05, 4.69) is 15.1 Å². The van der Waals surface area contributed by atoms with Gasteiger partial charge in [-0.25, -0.2) is 14.4 Å². The molecule has 4 aromatic rings. The molecule has 36 heavy (non-hydrogen) atoms. The number of nitrogen functional groups attached to an aromatic ring is 1. The summed E-state index contributed by atoms with van der Waals surface area (Å²) in [5.41, 5.74) is 6.28. The summed E-state index contributed by atoms with van der Waals surface area (Å²) in [5.74, 6) is -1.15. The van der Waals surface area contributed by atoms with Crippen molar-refractivity contribution in [2.45, 2.75) is 37.7 Å². The summed E-state index contributed by atoms with van der Waals surface area (Å²) in [6, 6.07) is 3.97. The number of pyridine rings is 2. The number of rotatable bonds is 3. The molecule has 1 aliphatic carbocycles. The highest BCUT2D eigenvalue weighted by Crippen LogP contribution is 2.40. The zero-order chi connectivity index (χ0) is 25.4. The van der Waals surface area contributed by atoms with E-state index < -0.39 is 29.6 Å². The number of nitrogens with two attached hydrogens (primary N) is 1. The van der Waals surface area contributed by atoms with Crippen molar-refractivity contribution in [1.29, 1.82) is 0 Å². The molecule has 6 rings (SSSR count). The van der Waals surface area contributed by atoms with Gasteiger partial charge in [-0.05, 0) is 25.0 Å². The van der Waals surface area contributed by atoms with Crippen LogP contribution >= 0.6 is 0 Å². The van der Waals surface area contributed by atoms with Crippen molar-refractivity contribution in [3.63, 3.8) is 0 Å². The first-order chi connectivity index (χ1) is 17.1. The molecule has 0 bridgehead atoms. The average Bonchev–Trinajstić information content (AvgIpc) is 3.58. The van der Waals surface area contributed by atoms with E-state index >= 15 is 4.39 Å². The van der Waals surface area contributed by atoms with Gasteiger partial charge in [0, 0.05) is 35.5 Å². The molecule has 0 spiro atoms. The lowest BCUT2D eigenvalue weighted by Crippen LogP contribution is -2.41. The molecule has 2 aliphatic rings. The fourth-order valence-corrected chi connectivity index (χ4v) is 4.89. The van der Waals surface area contributed by atoms with Crippen LogP contribution in [0.25, 0.3) is 21.8 Å². The monoisotopic (exact) mass is 500 g/mol. The summed E-state index contributed by atoms with van der Waals surface area (Å²) < 4.78 is 61.9. The Labute approximate surface area is 201 Å². The van der Waals surface area contributed by atoms with E-state index in [1.165, 1.54) is 23.1 Å². The molecular weight excluding hydrogens is 480 g/mol. The highest BCUT2D eigenvalue weighted by Gasteiger charge is 2.42. The highest BCUT2D eigenvalue weighted by atomic mass is 19.4. The molecule has 1 atom stereocenters. The van der Waals surface area contributed by atoms with Crippen LogP contribution in [0.3, 0.4) is 0 Å². The minimum atomic E-state index is -4.60. The van der Waals surface area contributed by atoms with Crippen molar-refractivity contribution in [3.8, 4) is 0 Å². The van der Waals surface area contributed by atoms with Gasteiger partial charge in [-0.3, -0.25) is 9.48 Å². The molecule has 0 radical (unpaired) electrons. The molecular formula is C24H20F4N6O2. The Morgan fingerprint density at radius 2 is 1.97 bits per heavy atom. The number of aromatic nitrogens is 4. The fraction of sp³-hybridized carbons (Fsp3) is 0.333. The van der Waals surface area contributed by atoms with Gasteiger partial charge in [0.15, 0.2) is 0 Å². The molecule has 4 heterocycles. The standard InChI is InChI=1S/C24H20F4N6O2/c1-33-21-15(8-30-33)13-6-14(16(25)7-17(13)32-22(21)29)23(35)34(11-2-3-11)19-10-36-9-18-12(19)4-5-20(31-18)24(26,27)28/h4-8,11,19H,2-3,9-10H2,1H3,(H2,29,32)/t19-/m1/s1. The van der Waals surface area contributed by atoms with Gasteiger partial charge in [0.25, 0.3) is 5.91 Å². The van der Waals surface area contributed by atoms with E-state index in [-0.39, 0.29) is 41.8 Å². The molecule has 8 nitrogen and oxygen atoms in total. The van der Waals surface area contributed by atoms with E-state index in [1.807, 2.05) is 0 Å². The summed E-state index contributed by atoms with van der Waals surface area (Å²) in [7, 11) is 1.70. The number of aryl methyl sites for hydroxylation is 1. The summed E-state index contributed by atoms with van der Waals surface area (Å²) in [4.78, 5) is 23.3. The number of halogens is 4. The van der Waals surface area contributed by atoms with Gasteiger partial charge in [0.05, 0.1) is 42.2 Å². The summed E-state index contributed by atoms with van der Waals surface area (Å²) in [5, 5.41) is 5.35. The van der Waals surface area contributed by atoms with Gasteiger partial charge >= 0.3 is 6.18 Å². The maximum Gasteiger partial charge on any atom is 0.433 e. The number of benzene rings is 1. The summed E-state index contributed by atoms with van der Waals surface area (Å²) in [6.45, 7) is -0.0265. The van der Waals surface area contributed by atoms with Crippen molar-refractivity contribution in [2.75, 3.05) is 12.3 Å². The van der Waals surface area contributed by atoms with E-state index in [0.717, 1.165) is 6.07 Å². The molecule has 2 N–H and O–H groups in total. The number of hydrogen-bond acceptors (Lipinski definition) is 6. The van der Waals surface area contributed by atoms with Crippen LogP contribution in [-0.4, -0.2) is 43.2 Å². The van der Waals surface area contributed by atoms with Gasteiger partial charge < -0.3 is 15.4 Å². The number of anilines is 1. The van der Waals surface area contributed by atoms with Crippen LogP contribution in [0.5, 0.6) is 0 Å². The lowest BCUT2D eigenvalue weighted by atomic mass is 9.99. The molecule has 0 unspecified atom stereocenters. The second kappa shape index (κ2) is 7.85. The van der Waals surface area contributed by atoms with Gasteiger partial charge in [-0.1, -0.05) is 6.07 Å². The first-order valence-corrected chi connectivity index (χ1v) is 11.3. The smallest absolute Gasteiger partial charge is 0.382 e. The molecule has 1 saturated carbocycles. The number of ether oxygens (including phenoxy) is 1. The first kappa shape index (κ1) is 22.7. The van der Waals surface area contributed by atoms with Gasteiger partial charge in [0.1, 0.15) is 22.8 Å². The van der Waals surface area contributed by atoms with Crippen LogP contribution in [0.2, 0.25) is 0 Å². The van der Waals surface area contributed by atoms with E-state index in [1.54, 1.807) is 17.9 Å². The maximum absolute atomic E-state index is 15.3. The molecule has 0 saturated heterocycles. The van der Waals surface area contributed by atoms with Crippen molar-refractivity contribution >= 4 is 33.5 Å². The van der Waals surface area contributed by atoms with Crippen LogP contribution < -0.4 is 5.73 Å². The number of carbonyl (C=O) groups excluding carboxylic acids is 1. The number of hydrogen-bond donors (Lipinski definition) is 1. The van der Waals surface area contributed by atoms with Crippen LogP contribution in [-0.2, 0) is 24.6 Å². The van der Waals surface area contributed by atoms with Crippen LogP contribution in [0.1, 0.15) is 46.2 Å². The second-order valence-electron chi connectivity index (χ2n) is 9.08. The summed E-state index contributed by atoms with van der Waals surface area (Å²) >= 11 is 0. The fourth-order valence-electron chi connectivity index (χ4n) is 4.89. The molecule has 1 fully saturated rings. The number of amides is 1. The number of alkyl halides is 3. The molecule has 12 heteroatoms. The van der Waals surface area contributed by atoms with Gasteiger partial charge in [-0.15, -0.1) is 0 Å². The van der Waals surface area contributed by atoms with Crippen molar-refractivity contribution in [3.05, 3.63) is 58.8 Å². The second-order valence-corrected chi connectivity index (χ2v) is 9.08. The van der Waals surface area contributed by atoms with E-state index in [0.29, 0.717) is 34.7 Å². The Kier molecular flexibility index (Phi) is 4.94. The predicted molar refractivity (Wildman–Crippen MR) is 121 cm³/mol. The molecule has 1 aliphatic heterocycles. The molecule has 186 valence electrons. The lowest BCUT2D eigenvalue weighted by Gasteiger charge is -2.36. The minimum Gasteiger partial charge on any atom is -0.382 e. The van der Waals surface area contributed by atoms with Crippen molar-refractivity contribution < 1.29 is 27.1 Å². The Morgan fingerprint density at radius 3 is 2.69 bits per heavy atom. The molecule has 1 amide bonds. The number of carbonyl (C=O) groups is 1. The largest absolute Gasteiger partial charge is 0.433 e. The Bertz CT molecular complexity index is 1550. The Balaban J connectivity index is 1.45. The van der Waals surface area contributed by atoms with Gasteiger partial charge in [-0.2, -0.15) is 18.3 Å². The quantitative estimate of drug-likeness (QED) is 0.425. The third-order valence-electron chi connectivity index (χ3n) is 6.71. The number of nitrogens with zero attached hydrogens (tertiary/aromatic N) is 5. The maximum atomic E-state index is 15.3. The topological polar surface area (TPSA) is 99.2 Å². The molecule has 1 aromatic carbocycles. The van der Waals surface area contributed by atoms with Crippen LogP contribution in [0, 0.1) is 5.82 Å². The summed E-state index contributed by atoms with van der Waals surface area (Å²) in [6.07, 6.45) is -1.62. The van der Waals surface area contributed by atoms with Crippen LogP contribution in [0.15, 0.2) is 30.5 Å². The Hall–Kier alpha value is -3.80. The third kappa shape index (κ3) is 3.55. The van der Waals surface area contributed by atoms with Gasteiger partial charge in [0.2, 0.25) is 0 Å². The molecule has 3 aromatic heterocycles. The van der Waals surface area contributed by atoms with Crippen LogP contribution in [0.4, 0.5) is 23.4 Å². The average molecular weight is 500 g/mol. The van der Waals surface area contributed by atoms with Crippen molar-refractivity contribution in [1.82, 2.24) is 24.6 Å². The van der Waals surface area contributed by atoms with Crippen molar-refractivity contribution in [2.24, 2.45) is 7.05 Å². The normalized spacial score (nSPS) is 18.0. The minimum absolute atomic E-state index is 0.0718. The number of fused-ring (bicyclic) bond motifs is 4. The predicted octanol–water partition coefficient (Wildman–Crippen LogP) is 4.13. The zero-order valence-corrected chi connectivity index (χ0v) is 19.0. The first-order valence-electron chi connectivity index (χ1n) is 11.3. The zero-order valence-electron chi connectivity index (χ0n) is 19.0. The third-order valence-corrected chi connectivity index (χ3v) is 6.71. The lowest BCUT2D eigenvalue weighted by molar-refractivity contribution is -0.141.